The molecule has 5 N–H and O–H groups in total. The summed E-state index contributed by atoms with van der Waals surface area (Å²) >= 11 is 0. The van der Waals surface area contributed by atoms with Crippen molar-refractivity contribution < 1.29 is 9.59 Å². The van der Waals surface area contributed by atoms with Gasteiger partial charge in [0.05, 0.1) is 5.52 Å². The van der Waals surface area contributed by atoms with Gasteiger partial charge in [-0.25, -0.2) is 0 Å². The summed E-state index contributed by atoms with van der Waals surface area (Å²) in [5.41, 5.74) is 7.08. The van der Waals surface area contributed by atoms with Crippen molar-refractivity contribution in [2.24, 2.45) is 11.7 Å². The average Bonchev–Trinajstić information content (AvgIpc) is 3.31. The molecule has 7 heteroatoms. The topological polar surface area (TPSA) is 113 Å². The maximum atomic E-state index is 12.1. The van der Waals surface area contributed by atoms with Gasteiger partial charge < -0.3 is 16.4 Å². The number of aromatic nitrogens is 2. The van der Waals surface area contributed by atoms with E-state index in [0.29, 0.717) is 18.2 Å². The SMILES string of the molecule is NC(CNC(=O)CCNC(=O)c1n[nH]c2ccccc12)C1CC1. The van der Waals surface area contributed by atoms with E-state index in [2.05, 4.69) is 20.8 Å². The monoisotopic (exact) mass is 315 g/mol. The fourth-order valence-electron chi connectivity index (χ4n) is 2.52. The molecule has 0 spiro atoms. The van der Waals surface area contributed by atoms with Crippen molar-refractivity contribution in [2.75, 3.05) is 13.1 Å². The molecule has 3 rings (SSSR count). The summed E-state index contributed by atoms with van der Waals surface area (Å²) in [7, 11) is 0. The van der Waals surface area contributed by atoms with Crippen LogP contribution in [0.25, 0.3) is 10.9 Å². The number of nitrogens with one attached hydrogen (secondary N) is 3. The van der Waals surface area contributed by atoms with Crippen LogP contribution in [0.5, 0.6) is 0 Å². The molecule has 1 heterocycles. The molecule has 1 aromatic carbocycles. The van der Waals surface area contributed by atoms with Crippen molar-refractivity contribution >= 4 is 22.7 Å². The van der Waals surface area contributed by atoms with Crippen LogP contribution in [0.1, 0.15) is 29.8 Å². The Hall–Kier alpha value is -2.41. The maximum Gasteiger partial charge on any atom is 0.272 e. The lowest BCUT2D eigenvalue weighted by molar-refractivity contribution is -0.121. The second-order valence-electron chi connectivity index (χ2n) is 5.93. The van der Waals surface area contributed by atoms with Gasteiger partial charge in [0, 0.05) is 30.9 Å². The number of nitrogens with two attached hydrogens (primary N) is 1. The molecule has 1 atom stereocenters. The third-order valence-corrected chi connectivity index (χ3v) is 4.09. The summed E-state index contributed by atoms with van der Waals surface area (Å²) < 4.78 is 0. The molecule has 1 aliphatic carbocycles. The summed E-state index contributed by atoms with van der Waals surface area (Å²) in [5.74, 6) is 0.168. The molecule has 23 heavy (non-hydrogen) atoms. The van der Waals surface area contributed by atoms with Gasteiger partial charge in [-0.1, -0.05) is 18.2 Å². The van der Waals surface area contributed by atoms with Crippen LogP contribution in [0, 0.1) is 5.92 Å². The first-order valence-corrected chi connectivity index (χ1v) is 7.88. The second kappa shape index (κ2) is 6.78. The molecule has 2 aromatic rings. The summed E-state index contributed by atoms with van der Waals surface area (Å²) in [6.45, 7) is 0.770. The normalized spacial score (nSPS) is 15.3. The van der Waals surface area contributed by atoms with E-state index in [1.807, 2.05) is 24.3 Å². The Kier molecular flexibility index (Phi) is 4.57. The number of H-pyrrole nitrogens is 1. The summed E-state index contributed by atoms with van der Waals surface area (Å²) in [5, 5.41) is 13.1. The predicted molar refractivity (Wildman–Crippen MR) is 86.8 cm³/mol. The maximum absolute atomic E-state index is 12.1. The molecular formula is C16H21N5O2. The number of aromatic amines is 1. The number of rotatable bonds is 7. The fraction of sp³-hybridized carbons (Fsp3) is 0.438. The molecule has 1 unspecified atom stereocenters. The van der Waals surface area contributed by atoms with Crippen molar-refractivity contribution in [3.8, 4) is 0 Å². The van der Waals surface area contributed by atoms with E-state index >= 15 is 0 Å². The highest BCUT2D eigenvalue weighted by atomic mass is 16.2. The van der Waals surface area contributed by atoms with Crippen LogP contribution in [0.3, 0.4) is 0 Å². The molecule has 1 aromatic heterocycles. The lowest BCUT2D eigenvalue weighted by Gasteiger charge is -2.11. The van der Waals surface area contributed by atoms with Gasteiger partial charge in [0.15, 0.2) is 5.69 Å². The summed E-state index contributed by atoms with van der Waals surface area (Å²) in [6, 6.07) is 7.46. The molecule has 1 saturated carbocycles. The number of benzene rings is 1. The lowest BCUT2D eigenvalue weighted by atomic mass is 10.2. The first-order valence-electron chi connectivity index (χ1n) is 7.88. The van der Waals surface area contributed by atoms with Gasteiger partial charge in [0.1, 0.15) is 0 Å². The quantitative estimate of drug-likeness (QED) is 0.597. The van der Waals surface area contributed by atoms with Crippen LogP contribution in [-0.4, -0.2) is 41.1 Å². The molecule has 2 amide bonds. The zero-order valence-corrected chi connectivity index (χ0v) is 12.8. The summed E-state index contributed by atoms with van der Waals surface area (Å²) in [6.07, 6.45) is 2.54. The van der Waals surface area contributed by atoms with Gasteiger partial charge in [0.2, 0.25) is 5.91 Å². The van der Waals surface area contributed by atoms with E-state index < -0.39 is 0 Å². The standard InChI is InChI=1S/C16H21N5O2/c17-12(10-5-6-10)9-19-14(22)7-8-18-16(23)15-11-3-1-2-4-13(11)20-21-15/h1-4,10,12H,5-9,17H2,(H,18,23)(H,19,22)(H,20,21). The Morgan fingerprint density at radius 3 is 2.87 bits per heavy atom. The van der Waals surface area contributed by atoms with Gasteiger partial charge in [0.25, 0.3) is 5.91 Å². The van der Waals surface area contributed by atoms with Crippen molar-refractivity contribution in [2.45, 2.75) is 25.3 Å². The first kappa shape index (κ1) is 15.5. The molecule has 0 bridgehead atoms. The lowest BCUT2D eigenvalue weighted by Crippen LogP contribution is -2.39. The highest BCUT2D eigenvalue weighted by molar-refractivity contribution is 6.04. The Morgan fingerprint density at radius 1 is 1.30 bits per heavy atom. The molecule has 0 saturated heterocycles. The van der Waals surface area contributed by atoms with Crippen LogP contribution in [0.2, 0.25) is 0 Å². The average molecular weight is 315 g/mol. The van der Waals surface area contributed by atoms with Gasteiger partial charge in [-0.3, -0.25) is 14.7 Å². The largest absolute Gasteiger partial charge is 0.354 e. The number of para-hydroxylation sites is 1. The van der Waals surface area contributed by atoms with E-state index in [1.165, 1.54) is 0 Å². The Bertz CT molecular complexity index is 707. The molecule has 0 radical (unpaired) electrons. The van der Waals surface area contributed by atoms with Crippen LogP contribution in [0.15, 0.2) is 24.3 Å². The number of carbonyl (C=O) groups excluding carboxylic acids is 2. The van der Waals surface area contributed by atoms with Crippen LogP contribution in [0.4, 0.5) is 0 Å². The van der Waals surface area contributed by atoms with Gasteiger partial charge in [-0.2, -0.15) is 5.10 Å². The van der Waals surface area contributed by atoms with Gasteiger partial charge >= 0.3 is 0 Å². The minimum atomic E-state index is -0.287. The van der Waals surface area contributed by atoms with Gasteiger partial charge in [-0.05, 0) is 24.8 Å². The third-order valence-electron chi connectivity index (χ3n) is 4.09. The molecule has 1 fully saturated rings. The van der Waals surface area contributed by atoms with Crippen LogP contribution >= 0.6 is 0 Å². The minimum absolute atomic E-state index is 0.0453. The van der Waals surface area contributed by atoms with Crippen molar-refractivity contribution in [3.63, 3.8) is 0 Å². The van der Waals surface area contributed by atoms with Crippen LogP contribution < -0.4 is 16.4 Å². The van der Waals surface area contributed by atoms with E-state index in [4.69, 9.17) is 5.73 Å². The van der Waals surface area contributed by atoms with Crippen molar-refractivity contribution in [1.82, 2.24) is 20.8 Å². The van der Waals surface area contributed by atoms with E-state index in [1.54, 1.807) is 0 Å². The molecule has 122 valence electrons. The number of amides is 2. The van der Waals surface area contributed by atoms with E-state index in [-0.39, 0.29) is 30.8 Å². The number of carbonyl (C=O) groups is 2. The molecule has 7 nitrogen and oxygen atoms in total. The number of fused-ring (bicyclic) bond motifs is 1. The third kappa shape index (κ3) is 3.87. The van der Waals surface area contributed by atoms with Gasteiger partial charge in [-0.15, -0.1) is 0 Å². The predicted octanol–water partition coefficient (Wildman–Crippen LogP) is 0.536. The van der Waals surface area contributed by atoms with Crippen LogP contribution in [-0.2, 0) is 4.79 Å². The number of hydrogen-bond donors (Lipinski definition) is 4. The minimum Gasteiger partial charge on any atom is -0.354 e. The zero-order valence-electron chi connectivity index (χ0n) is 12.8. The Morgan fingerprint density at radius 2 is 2.09 bits per heavy atom. The Labute approximate surface area is 134 Å². The second-order valence-corrected chi connectivity index (χ2v) is 5.93. The summed E-state index contributed by atoms with van der Waals surface area (Å²) in [4.78, 5) is 23.9. The Balaban J connectivity index is 1.43. The molecule has 0 aliphatic heterocycles. The van der Waals surface area contributed by atoms with Crippen molar-refractivity contribution in [3.05, 3.63) is 30.0 Å². The smallest absolute Gasteiger partial charge is 0.272 e. The van der Waals surface area contributed by atoms with Crippen molar-refractivity contribution in [1.29, 1.82) is 0 Å². The van der Waals surface area contributed by atoms with E-state index in [9.17, 15) is 9.59 Å². The fourth-order valence-corrected chi connectivity index (χ4v) is 2.52. The first-order chi connectivity index (χ1) is 11.1. The number of nitrogens with zero attached hydrogens (tertiary/aromatic N) is 1. The molecule has 1 aliphatic rings. The molecular weight excluding hydrogens is 294 g/mol. The highest BCUT2D eigenvalue weighted by Crippen LogP contribution is 2.31. The highest BCUT2D eigenvalue weighted by Gasteiger charge is 2.28. The number of hydrogen-bond acceptors (Lipinski definition) is 4. The van der Waals surface area contributed by atoms with E-state index in [0.717, 1.165) is 23.7 Å². The zero-order chi connectivity index (χ0) is 16.2.